The molecule has 1 N–H and O–H groups in total. The summed E-state index contributed by atoms with van der Waals surface area (Å²) in [5, 5.41) is 9.35. The van der Waals surface area contributed by atoms with E-state index in [1.807, 2.05) is 24.3 Å². The standard InChI is InChI=1S/C21H26O2/c1-15-3-7-17(8-4-15)18-11-13-20(14-12-18)21(23-22)19-9-5-16(2)6-10-19/h5-6,9-15,17,21-22H,3-4,7-8H2,1-2H3. The highest BCUT2D eigenvalue weighted by Crippen LogP contribution is 2.36. The van der Waals surface area contributed by atoms with Crippen molar-refractivity contribution in [2.75, 3.05) is 0 Å². The van der Waals surface area contributed by atoms with Gasteiger partial charge in [0.25, 0.3) is 0 Å². The van der Waals surface area contributed by atoms with Crippen LogP contribution in [0.15, 0.2) is 48.5 Å². The van der Waals surface area contributed by atoms with Crippen molar-refractivity contribution in [3.63, 3.8) is 0 Å². The third-order valence-electron chi connectivity index (χ3n) is 5.21. The van der Waals surface area contributed by atoms with E-state index in [1.165, 1.54) is 36.8 Å². The molecule has 0 radical (unpaired) electrons. The van der Waals surface area contributed by atoms with Crippen LogP contribution in [0, 0.1) is 12.8 Å². The maximum atomic E-state index is 9.35. The van der Waals surface area contributed by atoms with Gasteiger partial charge in [0.05, 0.1) is 0 Å². The fourth-order valence-corrected chi connectivity index (χ4v) is 3.59. The number of aryl methyl sites for hydroxylation is 1. The second kappa shape index (κ2) is 7.29. The van der Waals surface area contributed by atoms with Gasteiger partial charge in [-0.1, -0.05) is 73.9 Å². The predicted molar refractivity (Wildman–Crippen MR) is 93.6 cm³/mol. The molecule has 0 spiro atoms. The highest BCUT2D eigenvalue weighted by molar-refractivity contribution is 5.34. The molecule has 3 rings (SSSR count). The van der Waals surface area contributed by atoms with Crippen molar-refractivity contribution in [1.82, 2.24) is 0 Å². The fourth-order valence-electron chi connectivity index (χ4n) is 3.59. The van der Waals surface area contributed by atoms with Crippen molar-refractivity contribution in [3.05, 3.63) is 70.8 Å². The first-order valence-corrected chi connectivity index (χ1v) is 8.64. The Hall–Kier alpha value is -1.64. The molecule has 1 atom stereocenters. The zero-order valence-electron chi connectivity index (χ0n) is 14.0. The van der Waals surface area contributed by atoms with Crippen LogP contribution >= 0.6 is 0 Å². The number of benzene rings is 2. The second-order valence-corrected chi connectivity index (χ2v) is 7.02. The molecule has 2 nitrogen and oxygen atoms in total. The molecule has 0 saturated heterocycles. The van der Waals surface area contributed by atoms with E-state index in [1.54, 1.807) is 0 Å². The van der Waals surface area contributed by atoms with E-state index in [9.17, 15) is 5.26 Å². The van der Waals surface area contributed by atoms with Crippen LogP contribution in [0.2, 0.25) is 0 Å². The van der Waals surface area contributed by atoms with E-state index < -0.39 is 6.10 Å². The molecule has 2 aromatic rings. The summed E-state index contributed by atoms with van der Waals surface area (Å²) in [6.07, 6.45) is 4.82. The molecule has 122 valence electrons. The van der Waals surface area contributed by atoms with Crippen molar-refractivity contribution in [1.29, 1.82) is 0 Å². The van der Waals surface area contributed by atoms with Crippen molar-refractivity contribution >= 4 is 0 Å². The molecule has 1 fully saturated rings. The van der Waals surface area contributed by atoms with E-state index in [2.05, 4.69) is 38.1 Å². The van der Waals surface area contributed by atoms with E-state index in [-0.39, 0.29) is 0 Å². The number of hydrogen-bond donors (Lipinski definition) is 1. The third kappa shape index (κ3) is 3.82. The molecule has 1 saturated carbocycles. The van der Waals surface area contributed by atoms with Crippen LogP contribution in [0.25, 0.3) is 0 Å². The normalized spacial score (nSPS) is 22.7. The van der Waals surface area contributed by atoms with Crippen LogP contribution in [0.1, 0.15) is 66.9 Å². The molecule has 1 unspecified atom stereocenters. The average Bonchev–Trinajstić information content (AvgIpc) is 2.59. The molecule has 0 aromatic heterocycles. The van der Waals surface area contributed by atoms with Crippen LogP contribution < -0.4 is 0 Å². The van der Waals surface area contributed by atoms with E-state index in [0.29, 0.717) is 5.92 Å². The summed E-state index contributed by atoms with van der Waals surface area (Å²) in [5.41, 5.74) is 4.58. The maximum Gasteiger partial charge on any atom is 0.143 e. The van der Waals surface area contributed by atoms with Crippen molar-refractivity contribution < 1.29 is 10.1 Å². The minimum atomic E-state index is -0.420. The van der Waals surface area contributed by atoms with Crippen LogP contribution in [0.4, 0.5) is 0 Å². The lowest BCUT2D eigenvalue weighted by Gasteiger charge is -2.26. The van der Waals surface area contributed by atoms with Gasteiger partial charge in [0.15, 0.2) is 0 Å². The lowest BCUT2D eigenvalue weighted by Crippen LogP contribution is -2.11. The first kappa shape index (κ1) is 16.2. The van der Waals surface area contributed by atoms with Crippen LogP contribution in [0.5, 0.6) is 0 Å². The number of hydrogen-bond acceptors (Lipinski definition) is 2. The summed E-state index contributed by atoms with van der Waals surface area (Å²) in [5.74, 6) is 1.56. The molecule has 1 aliphatic carbocycles. The van der Waals surface area contributed by atoms with E-state index in [0.717, 1.165) is 17.0 Å². The Labute approximate surface area is 139 Å². The monoisotopic (exact) mass is 310 g/mol. The Morgan fingerprint density at radius 3 is 1.91 bits per heavy atom. The minimum absolute atomic E-state index is 0.420. The molecule has 1 aliphatic rings. The van der Waals surface area contributed by atoms with Crippen molar-refractivity contribution in [3.8, 4) is 0 Å². The lowest BCUT2D eigenvalue weighted by molar-refractivity contribution is -0.270. The van der Waals surface area contributed by atoms with Gasteiger partial charge in [-0.05, 0) is 48.3 Å². The molecular weight excluding hydrogens is 284 g/mol. The van der Waals surface area contributed by atoms with E-state index >= 15 is 0 Å². The van der Waals surface area contributed by atoms with Gasteiger partial charge in [-0.2, -0.15) is 0 Å². The average molecular weight is 310 g/mol. The Kier molecular flexibility index (Phi) is 5.14. The highest BCUT2D eigenvalue weighted by Gasteiger charge is 2.20. The Balaban J connectivity index is 1.76. The largest absolute Gasteiger partial charge is 0.251 e. The SMILES string of the molecule is Cc1ccc(C(OO)c2ccc(C3CCC(C)CC3)cc2)cc1. The zero-order chi connectivity index (χ0) is 16.2. The first-order valence-electron chi connectivity index (χ1n) is 8.64. The molecule has 0 amide bonds. The van der Waals surface area contributed by atoms with Crippen molar-refractivity contribution in [2.24, 2.45) is 5.92 Å². The van der Waals surface area contributed by atoms with Crippen LogP contribution in [-0.2, 0) is 4.89 Å². The van der Waals surface area contributed by atoms with E-state index in [4.69, 9.17) is 4.89 Å². The summed E-state index contributed by atoms with van der Waals surface area (Å²) in [4.78, 5) is 4.76. The van der Waals surface area contributed by atoms with Gasteiger partial charge < -0.3 is 0 Å². The van der Waals surface area contributed by atoms with Crippen LogP contribution in [0.3, 0.4) is 0 Å². The molecule has 0 heterocycles. The first-order chi connectivity index (χ1) is 11.2. The van der Waals surface area contributed by atoms with Gasteiger partial charge >= 0.3 is 0 Å². The second-order valence-electron chi connectivity index (χ2n) is 7.02. The van der Waals surface area contributed by atoms with Gasteiger partial charge in [-0.15, -0.1) is 0 Å². The zero-order valence-corrected chi connectivity index (χ0v) is 14.0. The predicted octanol–water partition coefficient (Wildman–Crippen LogP) is 5.87. The fraction of sp³-hybridized carbons (Fsp3) is 0.429. The lowest BCUT2D eigenvalue weighted by atomic mass is 9.79. The topological polar surface area (TPSA) is 29.5 Å². The Morgan fingerprint density at radius 1 is 0.870 bits per heavy atom. The summed E-state index contributed by atoms with van der Waals surface area (Å²) >= 11 is 0. The van der Waals surface area contributed by atoms with Crippen molar-refractivity contribution in [2.45, 2.75) is 51.6 Å². The smallest absolute Gasteiger partial charge is 0.143 e. The van der Waals surface area contributed by atoms with Gasteiger partial charge in [-0.3, -0.25) is 5.26 Å². The molecule has 23 heavy (non-hydrogen) atoms. The molecular formula is C21H26O2. The molecule has 0 bridgehead atoms. The molecule has 0 aliphatic heterocycles. The Bertz CT molecular complexity index is 607. The maximum absolute atomic E-state index is 9.35. The minimum Gasteiger partial charge on any atom is -0.251 e. The number of rotatable bonds is 4. The van der Waals surface area contributed by atoms with Gasteiger partial charge in [0.2, 0.25) is 0 Å². The Morgan fingerprint density at radius 2 is 1.39 bits per heavy atom. The molecule has 2 heteroatoms. The summed E-state index contributed by atoms with van der Waals surface area (Å²) in [7, 11) is 0. The quantitative estimate of drug-likeness (QED) is 0.565. The van der Waals surface area contributed by atoms with Gasteiger partial charge in [0, 0.05) is 0 Å². The summed E-state index contributed by atoms with van der Waals surface area (Å²) < 4.78 is 0. The van der Waals surface area contributed by atoms with Gasteiger partial charge in [0.1, 0.15) is 6.10 Å². The summed E-state index contributed by atoms with van der Waals surface area (Å²) in [6, 6.07) is 16.7. The van der Waals surface area contributed by atoms with Crippen LogP contribution in [-0.4, -0.2) is 5.26 Å². The summed E-state index contributed by atoms with van der Waals surface area (Å²) in [6.45, 7) is 4.41. The highest BCUT2D eigenvalue weighted by atomic mass is 17.1. The third-order valence-corrected chi connectivity index (χ3v) is 5.21. The molecule has 2 aromatic carbocycles. The van der Waals surface area contributed by atoms with Gasteiger partial charge in [-0.25, -0.2) is 4.89 Å².